The number of nitrogens with one attached hydrogen (secondary N) is 1. The predicted molar refractivity (Wildman–Crippen MR) is 93.5 cm³/mol. The number of carbonyl (C=O) groups is 1. The molecule has 1 fully saturated rings. The molecule has 0 atom stereocenters. The Kier molecular flexibility index (Phi) is 4.59. The summed E-state index contributed by atoms with van der Waals surface area (Å²) in [7, 11) is 0. The molecule has 7 nitrogen and oxygen atoms in total. The number of aryl methyl sites for hydroxylation is 2. The lowest BCUT2D eigenvalue weighted by molar-refractivity contribution is -0.129. The molecule has 1 saturated heterocycles. The van der Waals surface area contributed by atoms with E-state index in [-0.39, 0.29) is 5.91 Å². The monoisotopic (exact) mass is 326 g/mol. The first-order chi connectivity index (χ1) is 11.5. The van der Waals surface area contributed by atoms with Gasteiger partial charge in [-0.3, -0.25) is 4.79 Å². The molecule has 1 aliphatic rings. The number of amides is 1. The fourth-order valence-corrected chi connectivity index (χ4v) is 2.87. The van der Waals surface area contributed by atoms with Gasteiger partial charge in [0.05, 0.1) is 6.20 Å². The Bertz CT molecular complexity index is 719. The van der Waals surface area contributed by atoms with Crippen molar-refractivity contribution in [3.8, 4) is 0 Å². The minimum absolute atomic E-state index is 0.118. The van der Waals surface area contributed by atoms with Gasteiger partial charge in [0.25, 0.3) is 0 Å². The summed E-state index contributed by atoms with van der Waals surface area (Å²) in [5.74, 6) is 1.38. The van der Waals surface area contributed by atoms with Crippen molar-refractivity contribution in [2.75, 3.05) is 36.4 Å². The van der Waals surface area contributed by atoms with E-state index in [1.807, 2.05) is 36.9 Å². The molecule has 2 aromatic rings. The molecule has 7 heteroatoms. The maximum absolute atomic E-state index is 11.4. The van der Waals surface area contributed by atoms with Gasteiger partial charge in [0.15, 0.2) is 5.82 Å². The molecule has 2 heterocycles. The lowest BCUT2D eigenvalue weighted by Gasteiger charge is -2.34. The van der Waals surface area contributed by atoms with Gasteiger partial charge in [-0.2, -0.15) is 10.1 Å². The molecule has 1 aromatic carbocycles. The Morgan fingerprint density at radius 2 is 1.79 bits per heavy atom. The molecule has 1 aromatic heterocycles. The van der Waals surface area contributed by atoms with Crippen LogP contribution in [-0.2, 0) is 4.79 Å². The van der Waals surface area contributed by atoms with Crippen molar-refractivity contribution in [3.05, 3.63) is 35.5 Å². The highest BCUT2D eigenvalue weighted by atomic mass is 16.2. The van der Waals surface area contributed by atoms with Crippen LogP contribution < -0.4 is 10.2 Å². The zero-order valence-electron chi connectivity index (χ0n) is 14.3. The number of hydrogen-bond acceptors (Lipinski definition) is 6. The van der Waals surface area contributed by atoms with Gasteiger partial charge in [-0.05, 0) is 25.0 Å². The largest absolute Gasteiger partial charge is 0.352 e. The van der Waals surface area contributed by atoms with Gasteiger partial charge in [0.2, 0.25) is 11.9 Å². The average Bonchev–Trinajstić information content (AvgIpc) is 2.59. The highest BCUT2D eigenvalue weighted by molar-refractivity contribution is 5.73. The van der Waals surface area contributed by atoms with Crippen LogP contribution in [0.5, 0.6) is 0 Å². The highest BCUT2D eigenvalue weighted by Gasteiger charge is 2.20. The van der Waals surface area contributed by atoms with Crippen LogP contribution in [-0.4, -0.2) is 52.2 Å². The first kappa shape index (κ1) is 16.2. The molecule has 0 bridgehead atoms. The van der Waals surface area contributed by atoms with Crippen LogP contribution >= 0.6 is 0 Å². The molecule has 0 aliphatic carbocycles. The van der Waals surface area contributed by atoms with E-state index in [0.717, 1.165) is 35.7 Å². The van der Waals surface area contributed by atoms with E-state index in [1.165, 1.54) is 0 Å². The number of hydrogen-bond donors (Lipinski definition) is 1. The summed E-state index contributed by atoms with van der Waals surface area (Å²) < 4.78 is 0. The second-order valence-corrected chi connectivity index (χ2v) is 6.02. The first-order valence-corrected chi connectivity index (χ1v) is 8.08. The maximum atomic E-state index is 11.4. The van der Waals surface area contributed by atoms with E-state index in [4.69, 9.17) is 0 Å². The SMILES string of the molecule is CC(=O)N1CCN(c2cnnc(Nc3c(C)cccc3C)n2)CC1. The summed E-state index contributed by atoms with van der Waals surface area (Å²) in [5.41, 5.74) is 3.29. The Balaban J connectivity index is 1.74. The molecule has 3 rings (SSSR count). The van der Waals surface area contributed by atoms with Crippen molar-refractivity contribution >= 4 is 23.4 Å². The van der Waals surface area contributed by atoms with Crippen molar-refractivity contribution in [2.24, 2.45) is 0 Å². The number of piperazine rings is 1. The Morgan fingerprint density at radius 1 is 1.12 bits per heavy atom. The summed E-state index contributed by atoms with van der Waals surface area (Å²) in [6.45, 7) is 8.62. The van der Waals surface area contributed by atoms with Crippen molar-refractivity contribution in [1.29, 1.82) is 0 Å². The summed E-state index contributed by atoms with van der Waals surface area (Å²) in [5, 5.41) is 11.4. The van der Waals surface area contributed by atoms with Gasteiger partial charge in [-0.25, -0.2) is 0 Å². The lowest BCUT2D eigenvalue weighted by atomic mass is 10.1. The average molecular weight is 326 g/mol. The topological polar surface area (TPSA) is 74.2 Å². The van der Waals surface area contributed by atoms with Gasteiger partial charge in [-0.1, -0.05) is 18.2 Å². The molecular formula is C17H22N6O. The second kappa shape index (κ2) is 6.82. The molecule has 1 N–H and O–H groups in total. The zero-order valence-corrected chi connectivity index (χ0v) is 14.3. The van der Waals surface area contributed by atoms with E-state index in [1.54, 1.807) is 13.1 Å². The Hall–Kier alpha value is -2.70. The van der Waals surface area contributed by atoms with Crippen molar-refractivity contribution in [2.45, 2.75) is 20.8 Å². The van der Waals surface area contributed by atoms with Gasteiger partial charge in [0.1, 0.15) is 0 Å². The molecular weight excluding hydrogens is 304 g/mol. The van der Waals surface area contributed by atoms with Crippen molar-refractivity contribution in [1.82, 2.24) is 20.1 Å². The lowest BCUT2D eigenvalue weighted by Crippen LogP contribution is -2.48. The summed E-state index contributed by atoms with van der Waals surface area (Å²) >= 11 is 0. The van der Waals surface area contributed by atoms with Crippen molar-refractivity contribution in [3.63, 3.8) is 0 Å². The van der Waals surface area contributed by atoms with Crippen LogP contribution in [0.4, 0.5) is 17.5 Å². The molecule has 0 spiro atoms. The van der Waals surface area contributed by atoms with E-state index in [9.17, 15) is 4.79 Å². The fourth-order valence-electron chi connectivity index (χ4n) is 2.87. The minimum Gasteiger partial charge on any atom is -0.352 e. The third-order valence-corrected chi connectivity index (χ3v) is 4.31. The molecule has 1 aliphatic heterocycles. The third kappa shape index (κ3) is 3.45. The van der Waals surface area contributed by atoms with Crippen LogP contribution in [0, 0.1) is 13.8 Å². The number of rotatable bonds is 3. The van der Waals surface area contributed by atoms with Crippen LogP contribution in [0.1, 0.15) is 18.1 Å². The maximum Gasteiger partial charge on any atom is 0.249 e. The minimum atomic E-state index is 0.118. The van der Waals surface area contributed by atoms with E-state index < -0.39 is 0 Å². The van der Waals surface area contributed by atoms with Crippen LogP contribution in [0.25, 0.3) is 0 Å². The van der Waals surface area contributed by atoms with Gasteiger partial charge >= 0.3 is 0 Å². The quantitative estimate of drug-likeness (QED) is 0.928. The normalized spacial score (nSPS) is 14.6. The van der Waals surface area contributed by atoms with Crippen molar-refractivity contribution < 1.29 is 4.79 Å². The highest BCUT2D eigenvalue weighted by Crippen LogP contribution is 2.23. The molecule has 0 radical (unpaired) electrons. The number of anilines is 3. The number of para-hydroxylation sites is 1. The van der Waals surface area contributed by atoms with Crippen LogP contribution in [0.2, 0.25) is 0 Å². The van der Waals surface area contributed by atoms with Gasteiger partial charge < -0.3 is 15.1 Å². The van der Waals surface area contributed by atoms with Gasteiger partial charge in [0, 0.05) is 38.8 Å². The fraction of sp³-hybridized carbons (Fsp3) is 0.412. The molecule has 1 amide bonds. The summed E-state index contributed by atoms with van der Waals surface area (Å²) in [6.07, 6.45) is 1.67. The molecule has 24 heavy (non-hydrogen) atoms. The molecule has 126 valence electrons. The van der Waals surface area contributed by atoms with E-state index in [2.05, 4.69) is 25.4 Å². The number of benzene rings is 1. The van der Waals surface area contributed by atoms with E-state index >= 15 is 0 Å². The smallest absolute Gasteiger partial charge is 0.249 e. The zero-order chi connectivity index (χ0) is 17.1. The third-order valence-electron chi connectivity index (χ3n) is 4.31. The Labute approximate surface area is 141 Å². The molecule has 0 unspecified atom stereocenters. The standard InChI is InChI=1S/C17H22N6O/c1-12-5-4-6-13(2)16(12)20-17-19-15(11-18-21-17)23-9-7-22(8-10-23)14(3)24/h4-6,11H,7-10H2,1-3H3,(H,19,20,21). The summed E-state index contributed by atoms with van der Waals surface area (Å²) in [4.78, 5) is 20.0. The Morgan fingerprint density at radius 3 is 2.42 bits per heavy atom. The van der Waals surface area contributed by atoms with Crippen LogP contribution in [0.3, 0.4) is 0 Å². The molecule has 0 saturated carbocycles. The first-order valence-electron chi connectivity index (χ1n) is 8.08. The number of nitrogens with zero attached hydrogens (tertiary/aromatic N) is 5. The van der Waals surface area contributed by atoms with E-state index in [0.29, 0.717) is 19.0 Å². The van der Waals surface area contributed by atoms with Gasteiger partial charge in [-0.15, -0.1) is 5.10 Å². The second-order valence-electron chi connectivity index (χ2n) is 6.02. The number of carbonyl (C=O) groups excluding carboxylic acids is 1. The predicted octanol–water partition coefficient (Wildman–Crippen LogP) is 1.90. The van der Waals surface area contributed by atoms with Crippen LogP contribution in [0.15, 0.2) is 24.4 Å². The number of aromatic nitrogens is 3. The summed E-state index contributed by atoms with van der Waals surface area (Å²) in [6, 6.07) is 6.13.